The summed E-state index contributed by atoms with van der Waals surface area (Å²) >= 11 is 0. The molecule has 0 bridgehead atoms. The van der Waals surface area contributed by atoms with Crippen LogP contribution in [0.25, 0.3) is 5.53 Å². The van der Waals surface area contributed by atoms with Crippen molar-refractivity contribution in [1.82, 2.24) is 0 Å². The van der Waals surface area contributed by atoms with Crippen molar-refractivity contribution >= 4 is 21.3 Å². The van der Waals surface area contributed by atoms with Gasteiger partial charge in [0.2, 0.25) is 5.78 Å². The quantitative estimate of drug-likeness (QED) is 0.506. The number of Topliss-reactive ketones (excluding diaryl/α,β-unsaturated/α-hetero) is 1. The lowest BCUT2D eigenvalue weighted by Crippen LogP contribution is -2.33. The van der Waals surface area contributed by atoms with E-state index in [0.717, 1.165) is 6.26 Å². The second-order valence-corrected chi connectivity index (χ2v) is 5.99. The number of fused-ring (bicyclic) bond motifs is 1. The number of ketones is 1. The summed E-state index contributed by atoms with van der Waals surface area (Å²) in [6.07, 6.45) is 7.51. The van der Waals surface area contributed by atoms with Gasteiger partial charge >= 0.3 is 5.71 Å². The fraction of sp³-hybridized carbons (Fsp3) is 0.273. The third-order valence-electron chi connectivity index (χ3n) is 2.80. The first kappa shape index (κ1) is 11.7. The van der Waals surface area contributed by atoms with E-state index in [0.29, 0.717) is 5.57 Å². The first-order chi connectivity index (χ1) is 7.95. The fourth-order valence-electron chi connectivity index (χ4n) is 2.02. The van der Waals surface area contributed by atoms with Crippen LogP contribution >= 0.6 is 0 Å². The van der Waals surface area contributed by atoms with Crippen LogP contribution in [-0.4, -0.2) is 31.0 Å². The maximum atomic E-state index is 11.7. The molecule has 0 aliphatic heterocycles. The van der Waals surface area contributed by atoms with Crippen molar-refractivity contribution in [2.45, 2.75) is 6.42 Å². The lowest BCUT2D eigenvalue weighted by Gasteiger charge is -2.21. The second-order valence-electron chi connectivity index (χ2n) is 3.96. The summed E-state index contributed by atoms with van der Waals surface area (Å²) in [5, 5.41) is 0. The summed E-state index contributed by atoms with van der Waals surface area (Å²) in [6, 6.07) is 0. The van der Waals surface area contributed by atoms with E-state index in [1.165, 1.54) is 0 Å². The summed E-state index contributed by atoms with van der Waals surface area (Å²) in [6.45, 7) is 0. The van der Waals surface area contributed by atoms with Gasteiger partial charge in [-0.1, -0.05) is 24.3 Å². The van der Waals surface area contributed by atoms with Crippen molar-refractivity contribution in [3.63, 3.8) is 0 Å². The minimum absolute atomic E-state index is 0.00648. The van der Waals surface area contributed by atoms with Crippen molar-refractivity contribution in [1.29, 1.82) is 0 Å². The Balaban J connectivity index is 2.72. The molecular weight excluding hydrogens is 240 g/mol. The van der Waals surface area contributed by atoms with Crippen LogP contribution in [0.4, 0.5) is 0 Å². The predicted molar refractivity (Wildman–Crippen MR) is 61.9 cm³/mol. The average molecular weight is 250 g/mol. The van der Waals surface area contributed by atoms with E-state index in [2.05, 4.69) is 4.79 Å². The number of hydrogen-bond donors (Lipinski definition) is 0. The molecule has 0 radical (unpaired) electrons. The summed E-state index contributed by atoms with van der Waals surface area (Å²) in [5.74, 6) is -1.02. The lowest BCUT2D eigenvalue weighted by atomic mass is 9.82. The van der Waals surface area contributed by atoms with E-state index < -0.39 is 21.5 Å². The van der Waals surface area contributed by atoms with Crippen LogP contribution in [0.2, 0.25) is 0 Å². The van der Waals surface area contributed by atoms with Crippen molar-refractivity contribution in [3.8, 4) is 0 Å². The molecule has 0 amide bonds. The Bertz CT molecular complexity index is 632. The maximum absolute atomic E-state index is 11.7. The maximum Gasteiger partial charge on any atom is 0.345 e. The largest absolute Gasteiger partial charge is 0.361 e. The summed E-state index contributed by atoms with van der Waals surface area (Å²) in [5.41, 5.74) is 9.34. The van der Waals surface area contributed by atoms with Crippen LogP contribution < -0.4 is 0 Å². The summed E-state index contributed by atoms with van der Waals surface area (Å²) in [4.78, 5) is 14.8. The van der Waals surface area contributed by atoms with Gasteiger partial charge in [0.25, 0.3) is 0 Å². The molecule has 0 saturated heterocycles. The van der Waals surface area contributed by atoms with Gasteiger partial charge in [0.1, 0.15) is 5.92 Å². The Labute approximate surface area is 98.7 Å². The second kappa shape index (κ2) is 3.91. The molecule has 0 saturated carbocycles. The first-order valence-electron chi connectivity index (χ1n) is 4.98. The highest BCUT2D eigenvalue weighted by Gasteiger charge is 2.41. The van der Waals surface area contributed by atoms with Crippen molar-refractivity contribution in [2.24, 2.45) is 5.92 Å². The van der Waals surface area contributed by atoms with Crippen molar-refractivity contribution < 1.29 is 18.0 Å². The van der Waals surface area contributed by atoms with E-state index in [4.69, 9.17) is 5.53 Å². The van der Waals surface area contributed by atoms with E-state index >= 15 is 0 Å². The number of allylic oxidation sites excluding steroid dienone is 6. The molecule has 6 heteroatoms. The van der Waals surface area contributed by atoms with Gasteiger partial charge in [-0.25, -0.2) is 8.42 Å². The van der Waals surface area contributed by atoms with Gasteiger partial charge in [-0.3, -0.25) is 4.79 Å². The predicted octanol–water partition coefficient (Wildman–Crippen LogP) is 0.671. The standard InChI is InChI=1S/C11H10N2O3S/c1-17(15,16)10-6-9(14)11(13-12)8-5-3-2-4-7(8)10/h2-5,8H,6H2,1H3. The molecular formula is C11H10N2O3S. The number of sulfone groups is 1. The number of carbonyl (C=O) groups is 1. The summed E-state index contributed by atoms with van der Waals surface area (Å²) < 4.78 is 23.2. The zero-order chi connectivity index (χ0) is 12.6. The van der Waals surface area contributed by atoms with Gasteiger partial charge in [0.05, 0.1) is 11.3 Å². The molecule has 0 aromatic carbocycles. The molecule has 0 fully saturated rings. The van der Waals surface area contributed by atoms with Gasteiger partial charge in [0, 0.05) is 6.26 Å². The molecule has 2 aliphatic rings. The molecule has 1 atom stereocenters. The van der Waals surface area contributed by atoms with Crippen LogP contribution in [0.15, 0.2) is 34.8 Å². The zero-order valence-corrected chi connectivity index (χ0v) is 9.94. The summed E-state index contributed by atoms with van der Waals surface area (Å²) in [7, 11) is -3.42. The molecule has 2 rings (SSSR count). The van der Waals surface area contributed by atoms with Crippen LogP contribution in [0, 0.1) is 5.92 Å². The monoisotopic (exact) mass is 250 g/mol. The molecule has 0 heterocycles. The van der Waals surface area contributed by atoms with E-state index in [9.17, 15) is 13.2 Å². The third kappa shape index (κ3) is 1.92. The normalized spacial score (nSPS) is 23.7. The Morgan fingerprint density at radius 1 is 1.41 bits per heavy atom. The molecule has 0 aromatic heterocycles. The highest BCUT2D eigenvalue weighted by Crippen LogP contribution is 2.32. The minimum atomic E-state index is -3.42. The Kier molecular flexibility index (Phi) is 2.69. The van der Waals surface area contributed by atoms with Gasteiger partial charge in [0.15, 0.2) is 9.84 Å². The Morgan fingerprint density at radius 2 is 2.12 bits per heavy atom. The van der Waals surface area contributed by atoms with Crippen LogP contribution in [-0.2, 0) is 14.6 Å². The minimum Gasteiger partial charge on any atom is -0.361 e. The molecule has 0 aromatic rings. The topological polar surface area (TPSA) is 87.6 Å². The number of rotatable bonds is 1. The highest BCUT2D eigenvalue weighted by atomic mass is 32.2. The first-order valence-corrected chi connectivity index (χ1v) is 6.87. The Morgan fingerprint density at radius 3 is 2.71 bits per heavy atom. The highest BCUT2D eigenvalue weighted by molar-refractivity contribution is 7.94. The van der Waals surface area contributed by atoms with E-state index in [1.807, 2.05) is 0 Å². The van der Waals surface area contributed by atoms with Gasteiger partial charge < -0.3 is 5.53 Å². The number of hydrogen-bond acceptors (Lipinski definition) is 3. The van der Waals surface area contributed by atoms with Crippen LogP contribution in [0.5, 0.6) is 0 Å². The molecule has 5 nitrogen and oxygen atoms in total. The SMILES string of the molecule is CS(=O)(=O)C1=C2C=CC=CC2C(=[N+]=[N-])C(=O)C1. The van der Waals surface area contributed by atoms with E-state index in [-0.39, 0.29) is 17.0 Å². The van der Waals surface area contributed by atoms with Gasteiger partial charge in [-0.15, -0.1) is 0 Å². The van der Waals surface area contributed by atoms with Crippen LogP contribution in [0.1, 0.15) is 6.42 Å². The molecule has 17 heavy (non-hydrogen) atoms. The molecule has 0 N–H and O–H groups in total. The fourth-order valence-corrected chi connectivity index (χ4v) is 3.04. The van der Waals surface area contributed by atoms with Crippen LogP contribution in [0.3, 0.4) is 0 Å². The van der Waals surface area contributed by atoms with Crippen molar-refractivity contribution in [3.05, 3.63) is 40.3 Å². The smallest absolute Gasteiger partial charge is 0.345 e. The number of nitrogens with zero attached hydrogens (tertiary/aromatic N) is 2. The van der Waals surface area contributed by atoms with Crippen molar-refractivity contribution in [2.75, 3.05) is 6.26 Å². The molecule has 1 unspecified atom stereocenters. The molecule has 2 aliphatic carbocycles. The lowest BCUT2D eigenvalue weighted by molar-refractivity contribution is -0.117. The van der Waals surface area contributed by atoms with Gasteiger partial charge in [-0.2, -0.15) is 4.79 Å². The molecule has 88 valence electrons. The molecule has 0 spiro atoms. The number of carbonyl (C=O) groups excluding carboxylic acids is 1. The third-order valence-corrected chi connectivity index (χ3v) is 4.08. The van der Waals surface area contributed by atoms with E-state index in [1.54, 1.807) is 24.3 Å². The zero-order valence-electron chi connectivity index (χ0n) is 9.12. The average Bonchev–Trinajstić information content (AvgIpc) is 2.27. The van der Waals surface area contributed by atoms with Gasteiger partial charge in [-0.05, 0) is 5.57 Å². The Hall–Kier alpha value is -1.78.